The number of para-hydroxylation sites is 1. The van der Waals surface area contributed by atoms with E-state index in [1.165, 1.54) is 0 Å². The number of H-pyrrole nitrogens is 1. The van der Waals surface area contributed by atoms with Gasteiger partial charge in [-0.1, -0.05) is 47.5 Å². The average Bonchev–Trinajstić information content (AvgIpc) is 3.05. The Kier molecular flexibility index (Phi) is 5.88. The summed E-state index contributed by atoms with van der Waals surface area (Å²) in [7, 11) is 0. The van der Waals surface area contributed by atoms with E-state index in [2.05, 4.69) is 15.6 Å². The molecular weight excluding hydrogens is 389 g/mol. The molecule has 27 heavy (non-hydrogen) atoms. The van der Waals surface area contributed by atoms with E-state index in [-0.39, 0.29) is 13.0 Å². The van der Waals surface area contributed by atoms with Crippen LogP contribution in [0.2, 0.25) is 10.0 Å². The van der Waals surface area contributed by atoms with E-state index in [1.807, 2.05) is 24.3 Å². The van der Waals surface area contributed by atoms with Gasteiger partial charge >= 0.3 is 12.0 Å². The first-order chi connectivity index (χ1) is 12.9. The Bertz CT molecular complexity index is 987. The summed E-state index contributed by atoms with van der Waals surface area (Å²) < 4.78 is 0. The lowest BCUT2D eigenvalue weighted by atomic mass is 10.1. The van der Waals surface area contributed by atoms with Crippen molar-refractivity contribution in [2.75, 3.05) is 0 Å². The molecule has 0 aliphatic carbocycles. The largest absolute Gasteiger partial charge is 0.480 e. The van der Waals surface area contributed by atoms with Crippen LogP contribution < -0.4 is 10.6 Å². The molecule has 0 unspecified atom stereocenters. The number of nitrogens with one attached hydrogen (secondary N) is 3. The van der Waals surface area contributed by atoms with Crippen molar-refractivity contribution in [3.8, 4) is 0 Å². The number of carboxylic acids is 1. The minimum absolute atomic E-state index is 0.166. The number of halogens is 2. The van der Waals surface area contributed by atoms with Crippen LogP contribution in [-0.4, -0.2) is 28.1 Å². The summed E-state index contributed by atoms with van der Waals surface area (Å²) in [4.78, 5) is 26.8. The van der Waals surface area contributed by atoms with E-state index in [0.717, 1.165) is 22.0 Å². The van der Waals surface area contributed by atoms with Crippen LogP contribution in [0.15, 0.2) is 48.7 Å². The molecule has 1 atom stereocenters. The molecule has 8 heteroatoms. The van der Waals surface area contributed by atoms with Crippen LogP contribution in [0.1, 0.15) is 11.1 Å². The summed E-state index contributed by atoms with van der Waals surface area (Å²) in [6.07, 6.45) is 1.93. The zero-order chi connectivity index (χ0) is 19.4. The van der Waals surface area contributed by atoms with Gasteiger partial charge in [-0.05, 0) is 29.3 Å². The number of carboxylic acid groups (broad SMARTS) is 1. The van der Waals surface area contributed by atoms with Crippen molar-refractivity contribution >= 4 is 46.1 Å². The molecule has 1 aromatic heterocycles. The normalized spacial score (nSPS) is 11.9. The molecule has 3 rings (SSSR count). The van der Waals surface area contributed by atoms with Crippen molar-refractivity contribution in [1.82, 2.24) is 15.6 Å². The van der Waals surface area contributed by atoms with E-state index >= 15 is 0 Å². The average molecular weight is 406 g/mol. The number of rotatable bonds is 6. The van der Waals surface area contributed by atoms with E-state index in [4.69, 9.17) is 23.2 Å². The van der Waals surface area contributed by atoms with Crippen molar-refractivity contribution in [1.29, 1.82) is 0 Å². The van der Waals surface area contributed by atoms with E-state index in [1.54, 1.807) is 24.4 Å². The molecular formula is C19H17Cl2N3O3. The smallest absolute Gasteiger partial charge is 0.326 e. The Hall–Kier alpha value is -2.70. The van der Waals surface area contributed by atoms with Crippen LogP contribution in [0, 0.1) is 0 Å². The van der Waals surface area contributed by atoms with Gasteiger partial charge in [0.2, 0.25) is 0 Å². The number of hydrogen-bond acceptors (Lipinski definition) is 2. The third-order valence-corrected chi connectivity index (χ3v) is 4.88. The standard InChI is InChI=1S/C19H17Cl2N3O3/c20-14-6-5-11(7-15(14)21)9-23-19(27)24-17(18(25)26)8-12-10-22-16-4-2-1-3-13(12)16/h1-7,10,17,22H,8-9H2,(H,25,26)(H2,23,24,27)/t17-/m0/s1. The lowest BCUT2D eigenvalue weighted by molar-refractivity contribution is -0.139. The highest BCUT2D eigenvalue weighted by atomic mass is 35.5. The Morgan fingerprint density at radius 2 is 1.89 bits per heavy atom. The van der Waals surface area contributed by atoms with Crippen LogP contribution in [0.4, 0.5) is 4.79 Å². The van der Waals surface area contributed by atoms with Crippen molar-refractivity contribution in [2.45, 2.75) is 19.0 Å². The molecule has 3 aromatic rings. The van der Waals surface area contributed by atoms with Gasteiger partial charge in [0.25, 0.3) is 0 Å². The molecule has 0 spiro atoms. The van der Waals surface area contributed by atoms with Crippen molar-refractivity contribution in [3.05, 3.63) is 69.8 Å². The van der Waals surface area contributed by atoms with E-state index in [9.17, 15) is 14.7 Å². The molecule has 0 aliphatic heterocycles. The number of fused-ring (bicyclic) bond motifs is 1. The first-order valence-corrected chi connectivity index (χ1v) is 8.95. The first-order valence-electron chi connectivity index (χ1n) is 8.20. The van der Waals surface area contributed by atoms with Gasteiger partial charge in [-0.2, -0.15) is 0 Å². The fourth-order valence-corrected chi connectivity index (χ4v) is 3.08. The minimum Gasteiger partial charge on any atom is -0.480 e. The van der Waals surface area contributed by atoms with Crippen LogP contribution in [0.25, 0.3) is 10.9 Å². The number of carbonyl (C=O) groups excluding carboxylic acids is 1. The summed E-state index contributed by atoms with van der Waals surface area (Å²) in [5.41, 5.74) is 2.49. The zero-order valence-electron chi connectivity index (χ0n) is 14.1. The van der Waals surface area contributed by atoms with Crippen LogP contribution in [0.3, 0.4) is 0 Å². The highest BCUT2D eigenvalue weighted by Gasteiger charge is 2.21. The number of aromatic amines is 1. The summed E-state index contributed by atoms with van der Waals surface area (Å²) in [5, 5.41) is 16.3. The minimum atomic E-state index is -1.11. The molecule has 2 amide bonds. The number of amides is 2. The summed E-state index contributed by atoms with van der Waals surface area (Å²) in [5.74, 6) is -1.11. The van der Waals surface area contributed by atoms with Gasteiger partial charge in [-0.25, -0.2) is 9.59 Å². The number of hydrogen-bond donors (Lipinski definition) is 4. The number of benzene rings is 2. The molecule has 0 aliphatic rings. The lowest BCUT2D eigenvalue weighted by Crippen LogP contribution is -2.46. The molecule has 140 valence electrons. The van der Waals surface area contributed by atoms with Crippen molar-refractivity contribution < 1.29 is 14.7 Å². The first kappa shape index (κ1) is 19.1. The molecule has 6 nitrogen and oxygen atoms in total. The molecule has 0 radical (unpaired) electrons. The highest BCUT2D eigenvalue weighted by Crippen LogP contribution is 2.22. The van der Waals surface area contributed by atoms with Crippen LogP contribution in [0.5, 0.6) is 0 Å². The Labute approximate surface area is 165 Å². The summed E-state index contributed by atoms with van der Waals surface area (Å²) in [6.45, 7) is 0.197. The van der Waals surface area contributed by atoms with Gasteiger partial charge < -0.3 is 20.7 Å². The Morgan fingerprint density at radius 3 is 2.63 bits per heavy atom. The quantitative estimate of drug-likeness (QED) is 0.499. The SMILES string of the molecule is O=C(NCc1ccc(Cl)c(Cl)c1)N[C@@H](Cc1c[nH]c2ccccc12)C(=O)O. The fourth-order valence-electron chi connectivity index (χ4n) is 2.76. The van der Waals surface area contributed by atoms with Gasteiger partial charge in [0.1, 0.15) is 6.04 Å². The van der Waals surface area contributed by atoms with Crippen LogP contribution in [-0.2, 0) is 17.8 Å². The van der Waals surface area contributed by atoms with Crippen molar-refractivity contribution in [2.24, 2.45) is 0 Å². The maximum atomic E-state index is 12.1. The molecule has 0 fully saturated rings. The molecule has 0 bridgehead atoms. The predicted octanol–water partition coefficient (Wildman–Crippen LogP) is 3.97. The second-order valence-electron chi connectivity index (χ2n) is 6.03. The topological polar surface area (TPSA) is 94.2 Å². The lowest BCUT2D eigenvalue weighted by Gasteiger charge is -2.15. The zero-order valence-corrected chi connectivity index (χ0v) is 15.6. The van der Waals surface area contributed by atoms with E-state index in [0.29, 0.717) is 10.0 Å². The third kappa shape index (κ3) is 4.72. The second kappa shape index (κ2) is 8.33. The molecule has 1 heterocycles. The van der Waals surface area contributed by atoms with Crippen molar-refractivity contribution in [3.63, 3.8) is 0 Å². The molecule has 0 saturated carbocycles. The number of aliphatic carboxylic acids is 1. The third-order valence-electron chi connectivity index (χ3n) is 4.14. The maximum absolute atomic E-state index is 12.1. The second-order valence-corrected chi connectivity index (χ2v) is 6.84. The molecule has 0 saturated heterocycles. The number of carbonyl (C=O) groups is 2. The molecule has 4 N–H and O–H groups in total. The highest BCUT2D eigenvalue weighted by molar-refractivity contribution is 6.42. The molecule has 2 aromatic carbocycles. The Morgan fingerprint density at radius 1 is 1.11 bits per heavy atom. The maximum Gasteiger partial charge on any atom is 0.326 e. The predicted molar refractivity (Wildman–Crippen MR) is 105 cm³/mol. The Balaban J connectivity index is 1.62. The van der Waals surface area contributed by atoms with Gasteiger partial charge in [0.15, 0.2) is 0 Å². The fraction of sp³-hybridized carbons (Fsp3) is 0.158. The van der Waals surface area contributed by atoms with E-state index < -0.39 is 18.0 Å². The van der Waals surface area contributed by atoms with Gasteiger partial charge in [-0.15, -0.1) is 0 Å². The number of urea groups is 1. The monoisotopic (exact) mass is 405 g/mol. The van der Waals surface area contributed by atoms with Gasteiger partial charge in [0, 0.05) is 30.1 Å². The van der Waals surface area contributed by atoms with Gasteiger partial charge in [0.05, 0.1) is 10.0 Å². The van der Waals surface area contributed by atoms with Crippen LogP contribution >= 0.6 is 23.2 Å². The number of aromatic nitrogens is 1. The summed E-state index contributed by atoms with van der Waals surface area (Å²) in [6, 6.07) is 11.0. The van der Waals surface area contributed by atoms with Gasteiger partial charge in [-0.3, -0.25) is 0 Å². The summed E-state index contributed by atoms with van der Waals surface area (Å²) >= 11 is 11.8.